The average molecular weight is 416 g/mol. The van der Waals surface area contributed by atoms with Gasteiger partial charge in [-0.3, -0.25) is 10.2 Å². The quantitative estimate of drug-likeness (QED) is 0.411. The lowest BCUT2D eigenvalue weighted by Gasteiger charge is -2.18. The molecule has 1 atom stereocenters. The van der Waals surface area contributed by atoms with E-state index in [2.05, 4.69) is 10.1 Å². The number of carbonyl (C=O) groups is 1. The van der Waals surface area contributed by atoms with Crippen molar-refractivity contribution in [3.63, 3.8) is 0 Å². The van der Waals surface area contributed by atoms with Gasteiger partial charge in [0.05, 0.1) is 14.9 Å². The van der Waals surface area contributed by atoms with E-state index in [1.807, 2.05) is 24.3 Å². The first-order valence-corrected chi connectivity index (χ1v) is 10.7. The van der Waals surface area contributed by atoms with Gasteiger partial charge < -0.3 is 9.74 Å². The van der Waals surface area contributed by atoms with E-state index in [9.17, 15) is 4.79 Å². The van der Waals surface area contributed by atoms with Gasteiger partial charge in [0, 0.05) is 31.5 Å². The van der Waals surface area contributed by atoms with Crippen LogP contribution in [0.15, 0.2) is 41.6 Å². The molecule has 2 aromatic rings. The van der Waals surface area contributed by atoms with Crippen molar-refractivity contribution in [3.05, 3.63) is 56.7 Å². The fourth-order valence-electron chi connectivity index (χ4n) is 3.58. The van der Waals surface area contributed by atoms with Crippen LogP contribution in [0.5, 0.6) is 0 Å². The lowest BCUT2D eigenvalue weighted by atomic mass is 10.00. The fourth-order valence-corrected chi connectivity index (χ4v) is 4.59. The number of amidine groups is 1. The number of hydrogen-bond acceptors (Lipinski definition) is 5. The Kier molecular flexibility index (Phi) is 5.78. The Labute approximate surface area is 173 Å². The van der Waals surface area contributed by atoms with Crippen LogP contribution in [0.1, 0.15) is 52.9 Å². The average Bonchev–Trinajstić information content (AvgIpc) is 3.47. The van der Waals surface area contributed by atoms with Gasteiger partial charge in [-0.05, 0) is 37.0 Å². The Balaban J connectivity index is 1.30. The Morgan fingerprint density at radius 3 is 2.64 bits per heavy atom. The minimum Gasteiger partial charge on any atom is -0.392 e. The fraction of sp³-hybridized carbons (Fsp3) is 0.381. The van der Waals surface area contributed by atoms with E-state index >= 15 is 0 Å². The second kappa shape index (κ2) is 8.45. The standard InChI is InChI=1S/C21H22ClN3O2S/c22-20-10-9-19(28-20)18(26)8-7-16-13-17(24-27-16)14-3-5-15(6-4-14)21(23)25-11-1-2-12-25/h3-6,9-10,16,23H,1-2,7-8,11-13H2. The van der Waals surface area contributed by atoms with Crippen LogP contribution in [-0.2, 0) is 4.84 Å². The summed E-state index contributed by atoms with van der Waals surface area (Å²) in [6.07, 6.45) is 4.02. The third-order valence-electron chi connectivity index (χ3n) is 5.19. The molecule has 1 fully saturated rings. The van der Waals surface area contributed by atoms with Crippen molar-refractivity contribution in [2.75, 3.05) is 13.1 Å². The molecular weight excluding hydrogens is 394 g/mol. The van der Waals surface area contributed by atoms with Gasteiger partial charge >= 0.3 is 0 Å². The second-order valence-corrected chi connectivity index (χ2v) is 8.87. The summed E-state index contributed by atoms with van der Waals surface area (Å²) >= 11 is 7.21. The largest absolute Gasteiger partial charge is 0.392 e. The summed E-state index contributed by atoms with van der Waals surface area (Å²) in [7, 11) is 0. The molecule has 3 heterocycles. The summed E-state index contributed by atoms with van der Waals surface area (Å²) in [5.74, 6) is 0.692. The maximum Gasteiger partial charge on any atom is 0.172 e. The highest BCUT2D eigenvalue weighted by atomic mass is 35.5. The van der Waals surface area contributed by atoms with E-state index in [4.69, 9.17) is 21.8 Å². The van der Waals surface area contributed by atoms with Crippen LogP contribution in [-0.4, -0.2) is 41.4 Å². The topological polar surface area (TPSA) is 65.8 Å². The minimum absolute atomic E-state index is 0.0723. The summed E-state index contributed by atoms with van der Waals surface area (Å²) in [6, 6.07) is 11.5. The summed E-state index contributed by atoms with van der Waals surface area (Å²) in [5, 5.41) is 12.6. The SMILES string of the molecule is N=C(c1ccc(C2=NOC(CCC(=O)c3ccc(Cl)s3)C2)cc1)N1CCCC1. The maximum atomic E-state index is 12.2. The van der Waals surface area contributed by atoms with Gasteiger partial charge in [-0.2, -0.15) is 0 Å². The molecule has 2 aliphatic rings. The number of halogens is 1. The normalized spacial score (nSPS) is 18.8. The van der Waals surface area contributed by atoms with E-state index < -0.39 is 0 Å². The highest BCUT2D eigenvalue weighted by molar-refractivity contribution is 7.18. The zero-order chi connectivity index (χ0) is 19.5. The molecule has 0 radical (unpaired) electrons. The number of oxime groups is 1. The van der Waals surface area contributed by atoms with Gasteiger partial charge in [-0.15, -0.1) is 11.3 Å². The molecule has 1 saturated heterocycles. The molecule has 0 amide bonds. The lowest BCUT2D eigenvalue weighted by molar-refractivity contribution is 0.0720. The third kappa shape index (κ3) is 4.28. The van der Waals surface area contributed by atoms with Crippen LogP contribution in [0, 0.1) is 5.41 Å². The predicted octanol–water partition coefficient (Wildman–Crippen LogP) is 4.98. The van der Waals surface area contributed by atoms with E-state index in [-0.39, 0.29) is 11.9 Å². The molecule has 1 aromatic heterocycles. The Morgan fingerprint density at radius 1 is 1.21 bits per heavy atom. The number of carbonyl (C=O) groups excluding carboxylic acids is 1. The number of rotatable bonds is 6. The number of hydrogen-bond donors (Lipinski definition) is 1. The molecule has 1 aromatic carbocycles. The number of likely N-dealkylation sites (tertiary alicyclic amines) is 1. The van der Waals surface area contributed by atoms with Crippen molar-refractivity contribution in [1.29, 1.82) is 5.41 Å². The zero-order valence-corrected chi connectivity index (χ0v) is 17.1. The van der Waals surface area contributed by atoms with Gasteiger partial charge in [0.15, 0.2) is 5.78 Å². The molecule has 4 rings (SSSR count). The first-order valence-electron chi connectivity index (χ1n) is 9.55. The van der Waals surface area contributed by atoms with Crippen LogP contribution in [0.25, 0.3) is 0 Å². The molecule has 0 aliphatic carbocycles. The molecule has 0 spiro atoms. The van der Waals surface area contributed by atoms with Gasteiger partial charge in [0.25, 0.3) is 0 Å². The van der Waals surface area contributed by atoms with Crippen LogP contribution in [0.2, 0.25) is 4.34 Å². The Bertz CT molecular complexity index is 901. The van der Waals surface area contributed by atoms with E-state index in [1.54, 1.807) is 12.1 Å². The maximum absolute atomic E-state index is 12.2. The molecular formula is C21H22ClN3O2S. The van der Waals surface area contributed by atoms with Crippen LogP contribution in [0.4, 0.5) is 0 Å². The molecule has 28 heavy (non-hydrogen) atoms. The summed E-state index contributed by atoms with van der Waals surface area (Å²) < 4.78 is 0.632. The van der Waals surface area contributed by atoms with Crippen molar-refractivity contribution >= 4 is 40.3 Å². The molecule has 7 heteroatoms. The molecule has 0 bridgehead atoms. The smallest absolute Gasteiger partial charge is 0.172 e. The zero-order valence-electron chi connectivity index (χ0n) is 15.5. The molecule has 1 unspecified atom stereocenters. The molecule has 5 nitrogen and oxygen atoms in total. The van der Waals surface area contributed by atoms with Gasteiger partial charge in [0.1, 0.15) is 11.9 Å². The Hall–Kier alpha value is -2.18. The van der Waals surface area contributed by atoms with Crippen LogP contribution >= 0.6 is 22.9 Å². The predicted molar refractivity (Wildman–Crippen MR) is 113 cm³/mol. The highest BCUT2D eigenvalue weighted by Gasteiger charge is 2.24. The molecule has 1 N–H and O–H groups in total. The number of nitrogens with one attached hydrogen (secondary N) is 1. The van der Waals surface area contributed by atoms with Gasteiger partial charge in [-0.25, -0.2) is 0 Å². The van der Waals surface area contributed by atoms with Crippen LogP contribution < -0.4 is 0 Å². The van der Waals surface area contributed by atoms with Crippen molar-refractivity contribution < 1.29 is 9.63 Å². The first kappa shape index (κ1) is 19.2. The Morgan fingerprint density at radius 2 is 1.96 bits per heavy atom. The van der Waals surface area contributed by atoms with E-state index in [1.165, 1.54) is 11.3 Å². The number of nitrogens with zero attached hydrogens (tertiary/aromatic N) is 2. The molecule has 146 valence electrons. The second-order valence-electron chi connectivity index (χ2n) is 7.16. The molecule has 2 aliphatic heterocycles. The summed E-state index contributed by atoms with van der Waals surface area (Å²) in [4.78, 5) is 20.6. The van der Waals surface area contributed by atoms with Gasteiger partial charge in [0.2, 0.25) is 0 Å². The number of ketones is 1. The van der Waals surface area contributed by atoms with Crippen LogP contribution in [0.3, 0.4) is 0 Å². The van der Waals surface area contributed by atoms with Crippen molar-refractivity contribution in [2.24, 2.45) is 5.16 Å². The number of benzene rings is 1. The highest BCUT2D eigenvalue weighted by Crippen LogP contribution is 2.25. The lowest BCUT2D eigenvalue weighted by Crippen LogP contribution is -2.27. The summed E-state index contributed by atoms with van der Waals surface area (Å²) in [6.45, 7) is 1.94. The van der Waals surface area contributed by atoms with Crippen molar-refractivity contribution in [1.82, 2.24) is 4.90 Å². The first-order chi connectivity index (χ1) is 13.6. The number of Topliss-reactive ketones (excluding diaryl/α,β-unsaturated/α-hetero) is 1. The monoisotopic (exact) mass is 415 g/mol. The number of thiophene rings is 1. The van der Waals surface area contributed by atoms with E-state index in [0.29, 0.717) is 34.3 Å². The third-order valence-corrected chi connectivity index (χ3v) is 6.46. The van der Waals surface area contributed by atoms with Crippen molar-refractivity contribution in [2.45, 2.75) is 38.2 Å². The van der Waals surface area contributed by atoms with E-state index in [0.717, 1.165) is 42.8 Å². The minimum atomic E-state index is -0.0723. The molecule has 0 saturated carbocycles. The summed E-state index contributed by atoms with van der Waals surface area (Å²) in [5.41, 5.74) is 2.84. The van der Waals surface area contributed by atoms with Gasteiger partial charge in [-0.1, -0.05) is 41.0 Å². The van der Waals surface area contributed by atoms with Crippen molar-refractivity contribution in [3.8, 4) is 0 Å².